The number of aromatic nitrogens is 3. The fraction of sp³-hybridized carbons (Fsp3) is 0.222. The molecule has 30 heavy (non-hydrogen) atoms. The molecule has 3 aromatic rings. The van der Waals surface area contributed by atoms with E-state index in [0.29, 0.717) is 18.8 Å². The summed E-state index contributed by atoms with van der Waals surface area (Å²) in [6.07, 6.45) is 2.21. The number of nitrogens with zero attached hydrogens (tertiary/aromatic N) is 4. The van der Waals surface area contributed by atoms with E-state index in [4.69, 9.17) is 17.0 Å². The van der Waals surface area contributed by atoms with Gasteiger partial charge in [0.15, 0.2) is 18.0 Å². The number of carbonyl (C=O) groups is 1. The summed E-state index contributed by atoms with van der Waals surface area (Å²) in [6.45, 7) is 1.13. The van der Waals surface area contributed by atoms with Crippen LogP contribution >= 0.6 is 23.9 Å². The zero-order valence-electron chi connectivity index (χ0n) is 15.9. The maximum atomic E-state index is 14.7. The van der Waals surface area contributed by atoms with Gasteiger partial charge in [-0.25, -0.2) is 23.1 Å². The first-order valence-corrected chi connectivity index (χ1v) is 9.65. The molecule has 0 radical (unpaired) electrons. The third-order valence-corrected chi connectivity index (χ3v) is 4.85. The molecule has 0 aliphatic carbocycles. The molecule has 0 saturated heterocycles. The Morgan fingerprint density at radius 3 is 2.80 bits per heavy atom. The van der Waals surface area contributed by atoms with Crippen LogP contribution in [-0.2, 0) is 0 Å². The number of halogens is 3. The molecule has 158 valence electrons. The average molecular weight is 455 g/mol. The summed E-state index contributed by atoms with van der Waals surface area (Å²) in [5.74, 6) is -2.06. The molecule has 0 atom stereocenters. The summed E-state index contributed by atoms with van der Waals surface area (Å²) in [7, 11) is 3.77. The van der Waals surface area contributed by atoms with Crippen LogP contribution in [0.25, 0.3) is 11.2 Å². The lowest BCUT2D eigenvalue weighted by Crippen LogP contribution is -2.22. The lowest BCUT2D eigenvalue weighted by molar-refractivity contribution is 0.0699. The molecule has 0 spiro atoms. The quantitative estimate of drug-likeness (QED) is 0.445. The minimum atomic E-state index is -1.32. The van der Waals surface area contributed by atoms with Gasteiger partial charge >= 0.3 is 5.97 Å². The zero-order chi connectivity index (χ0) is 22.0. The van der Waals surface area contributed by atoms with Gasteiger partial charge in [-0.15, -0.1) is 3.89 Å². The van der Waals surface area contributed by atoms with E-state index in [2.05, 4.69) is 15.3 Å². The van der Waals surface area contributed by atoms with Gasteiger partial charge in [-0.3, -0.25) is 5.41 Å². The van der Waals surface area contributed by atoms with Gasteiger partial charge in [-0.2, -0.15) is 0 Å². The van der Waals surface area contributed by atoms with Gasteiger partial charge in [0.05, 0.1) is 17.5 Å². The van der Waals surface area contributed by atoms with Gasteiger partial charge in [0, 0.05) is 30.0 Å². The summed E-state index contributed by atoms with van der Waals surface area (Å²) in [5.41, 5.74) is -0.569. The Morgan fingerprint density at radius 2 is 2.17 bits per heavy atom. The number of likely N-dealkylation sites (N-methyl/N-ethyl adjacent to an activating group) is 1. The van der Waals surface area contributed by atoms with E-state index in [9.17, 15) is 18.2 Å². The van der Waals surface area contributed by atoms with Crippen molar-refractivity contribution in [2.45, 2.75) is 0 Å². The highest BCUT2D eigenvalue weighted by molar-refractivity contribution is 7.92. The van der Waals surface area contributed by atoms with Crippen LogP contribution in [0.4, 0.5) is 14.0 Å². The Labute approximate surface area is 179 Å². The highest BCUT2D eigenvalue weighted by Gasteiger charge is 2.22. The molecule has 12 heteroatoms. The van der Waals surface area contributed by atoms with Gasteiger partial charge in [0.1, 0.15) is 22.6 Å². The van der Waals surface area contributed by atoms with Crippen molar-refractivity contribution >= 4 is 52.5 Å². The predicted molar refractivity (Wildman–Crippen MR) is 113 cm³/mol. The fourth-order valence-corrected chi connectivity index (χ4v) is 3.35. The summed E-state index contributed by atoms with van der Waals surface area (Å²) in [6, 6.07) is 2.57. The molecule has 0 fully saturated rings. The van der Waals surface area contributed by atoms with Crippen LogP contribution in [0.15, 0.2) is 24.5 Å². The van der Waals surface area contributed by atoms with Crippen LogP contribution in [0.5, 0.6) is 0 Å². The first kappa shape index (κ1) is 21.9. The SMILES string of the molecule is CN(C)CCNc1cc(Cl)cc(F)c1C(=N)c1cnc2c(n1)c(C(=O)O)cn2SF. The summed E-state index contributed by atoms with van der Waals surface area (Å²) in [5, 5.41) is 21.0. The number of carboxylic acid groups (broad SMARTS) is 1. The second-order valence-electron chi connectivity index (χ2n) is 6.59. The minimum Gasteiger partial charge on any atom is -0.478 e. The van der Waals surface area contributed by atoms with Crippen molar-refractivity contribution in [3.05, 3.63) is 52.2 Å². The first-order valence-electron chi connectivity index (χ1n) is 8.60. The molecule has 0 aliphatic heterocycles. The molecule has 8 nitrogen and oxygen atoms in total. The van der Waals surface area contributed by atoms with Crippen molar-refractivity contribution in [1.82, 2.24) is 18.8 Å². The Bertz CT molecular complexity index is 1140. The Hall–Kier alpha value is -2.76. The van der Waals surface area contributed by atoms with Crippen molar-refractivity contribution in [2.75, 3.05) is 32.5 Å². The molecule has 0 unspecified atom stereocenters. The standard InChI is InChI=1S/C18H17ClF2N6O2S/c1-26(2)4-3-23-12-6-9(19)5-11(20)14(12)15(22)13-7-24-17-16(25-13)10(18(28)29)8-27(17)30-21/h5-8,22-23H,3-4H2,1-2H3,(H,28,29). The lowest BCUT2D eigenvalue weighted by atomic mass is 10.0. The minimum absolute atomic E-state index is 0.0163. The molecule has 0 saturated carbocycles. The molecule has 1 aromatic carbocycles. The molecule has 2 aromatic heterocycles. The molecule has 0 aliphatic rings. The third-order valence-electron chi connectivity index (χ3n) is 4.20. The second-order valence-corrected chi connectivity index (χ2v) is 7.55. The van der Waals surface area contributed by atoms with E-state index in [1.807, 2.05) is 19.0 Å². The number of benzene rings is 1. The Balaban J connectivity index is 2.07. The lowest BCUT2D eigenvalue weighted by Gasteiger charge is -2.16. The smallest absolute Gasteiger partial charge is 0.339 e. The fourth-order valence-electron chi connectivity index (χ4n) is 2.80. The average Bonchev–Trinajstić information content (AvgIpc) is 3.05. The van der Waals surface area contributed by atoms with Crippen molar-refractivity contribution < 1.29 is 18.2 Å². The first-order chi connectivity index (χ1) is 14.2. The number of nitrogens with one attached hydrogen (secondary N) is 2. The topological polar surface area (TPSA) is 107 Å². The van der Waals surface area contributed by atoms with E-state index in [-0.39, 0.29) is 51.1 Å². The number of rotatable bonds is 8. The Morgan fingerprint density at radius 1 is 1.43 bits per heavy atom. The van der Waals surface area contributed by atoms with Crippen molar-refractivity contribution in [3.63, 3.8) is 0 Å². The molecular weight excluding hydrogens is 438 g/mol. The number of aromatic carboxylic acids is 1. The number of anilines is 1. The van der Waals surface area contributed by atoms with Gasteiger partial charge in [0.25, 0.3) is 0 Å². The molecule has 0 amide bonds. The highest BCUT2D eigenvalue weighted by atomic mass is 35.5. The molecule has 2 heterocycles. The summed E-state index contributed by atoms with van der Waals surface area (Å²) >= 11 is 5.75. The summed E-state index contributed by atoms with van der Waals surface area (Å²) in [4.78, 5) is 21.6. The molecule has 3 rings (SSSR count). The van der Waals surface area contributed by atoms with Crippen LogP contribution < -0.4 is 5.32 Å². The van der Waals surface area contributed by atoms with Crippen molar-refractivity contribution in [1.29, 1.82) is 5.41 Å². The van der Waals surface area contributed by atoms with E-state index >= 15 is 0 Å². The van der Waals surface area contributed by atoms with Crippen molar-refractivity contribution in [2.24, 2.45) is 0 Å². The van der Waals surface area contributed by atoms with Crippen molar-refractivity contribution in [3.8, 4) is 0 Å². The molecule has 3 N–H and O–H groups in total. The van der Waals surface area contributed by atoms with Gasteiger partial charge < -0.3 is 15.3 Å². The number of carboxylic acids is 1. The van der Waals surface area contributed by atoms with Crippen LogP contribution in [0.2, 0.25) is 5.02 Å². The normalized spacial score (nSPS) is 11.3. The van der Waals surface area contributed by atoms with Gasteiger partial charge in [-0.1, -0.05) is 11.6 Å². The van der Waals surface area contributed by atoms with E-state index in [0.717, 1.165) is 16.2 Å². The van der Waals surface area contributed by atoms with Gasteiger partial charge in [-0.05, 0) is 26.2 Å². The van der Waals surface area contributed by atoms with E-state index in [1.165, 1.54) is 12.3 Å². The number of fused-ring (bicyclic) bond motifs is 1. The van der Waals surface area contributed by atoms with Crippen LogP contribution in [0, 0.1) is 11.2 Å². The highest BCUT2D eigenvalue weighted by Crippen LogP contribution is 2.28. The van der Waals surface area contributed by atoms with Crippen LogP contribution in [-0.4, -0.2) is 62.8 Å². The maximum Gasteiger partial charge on any atom is 0.339 e. The molecule has 0 bridgehead atoms. The van der Waals surface area contributed by atoms with Gasteiger partial charge in [0.2, 0.25) is 0 Å². The second kappa shape index (κ2) is 8.94. The van der Waals surface area contributed by atoms with E-state index in [1.54, 1.807) is 0 Å². The maximum absolute atomic E-state index is 14.7. The zero-order valence-corrected chi connectivity index (χ0v) is 17.5. The van der Waals surface area contributed by atoms with Crippen LogP contribution in [0.1, 0.15) is 21.6 Å². The number of hydrogen-bond acceptors (Lipinski definition) is 7. The van der Waals surface area contributed by atoms with Crippen LogP contribution in [0.3, 0.4) is 0 Å². The predicted octanol–water partition coefficient (Wildman–Crippen LogP) is 3.69. The molecular formula is C18H17ClF2N6O2S. The number of hydrogen-bond donors (Lipinski definition) is 3. The van der Waals surface area contributed by atoms with E-state index < -0.39 is 11.8 Å². The summed E-state index contributed by atoms with van der Waals surface area (Å²) < 4.78 is 28.7. The Kier molecular flexibility index (Phi) is 6.54. The largest absolute Gasteiger partial charge is 0.478 e. The monoisotopic (exact) mass is 454 g/mol. The third kappa shape index (κ3) is 4.37.